The van der Waals surface area contributed by atoms with Gasteiger partial charge in [-0.05, 0) is 71.7 Å². The van der Waals surface area contributed by atoms with Crippen LogP contribution in [0.25, 0.3) is 0 Å². The Labute approximate surface area is 191 Å². The highest BCUT2D eigenvalue weighted by Gasteiger charge is 2.27. The molecule has 31 heavy (non-hydrogen) atoms. The minimum atomic E-state index is -0.443. The molecular formula is C24H37ClN2O4. The number of carbonyl (C=O) groups is 1. The van der Waals surface area contributed by atoms with Crippen LogP contribution in [0.4, 0.5) is 5.69 Å². The van der Waals surface area contributed by atoms with Gasteiger partial charge in [0.05, 0.1) is 17.3 Å². The molecule has 0 amide bonds. The van der Waals surface area contributed by atoms with Crippen LogP contribution >= 0.6 is 11.6 Å². The Balaban J connectivity index is 0.000000614. The van der Waals surface area contributed by atoms with E-state index in [9.17, 15) is 4.79 Å². The zero-order valence-electron chi connectivity index (χ0n) is 19.3. The van der Waals surface area contributed by atoms with Gasteiger partial charge in [-0.25, -0.2) is 4.79 Å². The maximum absolute atomic E-state index is 12.6. The van der Waals surface area contributed by atoms with Gasteiger partial charge < -0.3 is 24.8 Å². The van der Waals surface area contributed by atoms with Crippen LogP contribution in [0.3, 0.4) is 0 Å². The molecule has 174 valence electrons. The maximum Gasteiger partial charge on any atom is 0.342 e. The predicted octanol–water partition coefficient (Wildman–Crippen LogP) is 5.33. The Hall–Kier alpha value is -1.92. The number of esters is 1. The number of hydrogen-bond acceptors (Lipinski definition) is 6. The summed E-state index contributed by atoms with van der Waals surface area (Å²) in [5.41, 5.74) is 7.86. The van der Waals surface area contributed by atoms with E-state index in [2.05, 4.69) is 31.7 Å². The van der Waals surface area contributed by atoms with Crippen molar-refractivity contribution >= 4 is 23.3 Å². The van der Waals surface area contributed by atoms with Gasteiger partial charge in [-0.15, -0.1) is 0 Å². The first-order chi connectivity index (χ1) is 14.9. The molecule has 3 rings (SSSR count). The van der Waals surface area contributed by atoms with Crippen molar-refractivity contribution in [1.82, 2.24) is 4.90 Å². The van der Waals surface area contributed by atoms with Crippen molar-refractivity contribution in [2.24, 2.45) is 5.92 Å². The van der Waals surface area contributed by atoms with Gasteiger partial charge in [0.2, 0.25) is 0 Å². The highest BCUT2D eigenvalue weighted by Crippen LogP contribution is 2.43. The van der Waals surface area contributed by atoms with Crippen molar-refractivity contribution < 1.29 is 19.0 Å². The van der Waals surface area contributed by atoms with Gasteiger partial charge in [-0.2, -0.15) is 0 Å². The normalized spacial score (nSPS) is 16.2. The summed E-state index contributed by atoms with van der Waals surface area (Å²) < 4.78 is 16.7. The highest BCUT2D eigenvalue weighted by molar-refractivity contribution is 6.34. The third kappa shape index (κ3) is 7.62. The van der Waals surface area contributed by atoms with E-state index in [-0.39, 0.29) is 16.3 Å². The Morgan fingerprint density at radius 3 is 2.45 bits per heavy atom. The lowest BCUT2D eigenvalue weighted by Crippen LogP contribution is -2.36. The Morgan fingerprint density at radius 1 is 1.26 bits per heavy atom. The molecule has 0 radical (unpaired) electrons. The lowest BCUT2D eigenvalue weighted by molar-refractivity contribution is 0.0364. The lowest BCUT2D eigenvalue weighted by atomic mass is 9.97. The number of fused-ring (bicyclic) bond motifs is 1. The SMILES string of the molecule is CC=C(C)C.CCCCN1CCC(COC(=O)c2cc(Cl)c(N)c3c2OCCO3)CC1. The molecular weight excluding hydrogens is 416 g/mol. The van der Waals surface area contributed by atoms with Crippen molar-refractivity contribution in [3.05, 3.63) is 28.3 Å². The monoisotopic (exact) mass is 452 g/mol. The second-order valence-electron chi connectivity index (χ2n) is 8.28. The number of anilines is 1. The highest BCUT2D eigenvalue weighted by atomic mass is 35.5. The van der Waals surface area contributed by atoms with E-state index in [1.165, 1.54) is 24.5 Å². The molecule has 0 spiro atoms. The van der Waals surface area contributed by atoms with E-state index in [0.717, 1.165) is 32.5 Å². The van der Waals surface area contributed by atoms with Crippen molar-refractivity contribution in [3.63, 3.8) is 0 Å². The van der Waals surface area contributed by atoms with Gasteiger partial charge in [0, 0.05) is 0 Å². The number of halogens is 1. The standard InChI is InChI=1S/C19H27ClN2O4.C5H10/c1-2-3-6-22-7-4-13(5-8-22)12-26-19(23)14-11-15(20)16(21)18-17(14)24-9-10-25-18;1-4-5(2)3/h11,13H,2-10,12,21H2,1H3;4H,1-3H3. The average molecular weight is 453 g/mol. The van der Waals surface area contributed by atoms with Crippen molar-refractivity contribution in [2.75, 3.05) is 45.2 Å². The minimum absolute atomic E-state index is 0.269. The topological polar surface area (TPSA) is 74.0 Å². The Bertz CT molecular complexity index is 754. The Kier molecular flexibility index (Phi) is 10.5. The molecule has 1 aromatic rings. The van der Waals surface area contributed by atoms with Gasteiger partial charge in [0.1, 0.15) is 18.8 Å². The fourth-order valence-electron chi connectivity index (χ4n) is 3.38. The third-order valence-corrected chi connectivity index (χ3v) is 5.90. The quantitative estimate of drug-likeness (QED) is 0.357. The summed E-state index contributed by atoms with van der Waals surface area (Å²) in [6, 6.07) is 1.50. The summed E-state index contributed by atoms with van der Waals surface area (Å²) in [5.74, 6) is 0.619. The largest absolute Gasteiger partial charge is 0.485 e. The molecule has 0 bridgehead atoms. The molecule has 1 aromatic carbocycles. The number of nitrogen functional groups attached to an aromatic ring is 1. The molecule has 6 nitrogen and oxygen atoms in total. The molecule has 0 unspecified atom stereocenters. The van der Waals surface area contributed by atoms with Crippen LogP contribution in [-0.2, 0) is 4.74 Å². The third-order valence-electron chi connectivity index (χ3n) is 5.58. The van der Waals surface area contributed by atoms with Crippen LogP contribution in [0.1, 0.15) is 63.7 Å². The molecule has 1 saturated heterocycles. The number of nitrogens with zero attached hydrogens (tertiary/aromatic N) is 1. The molecule has 0 atom stereocenters. The molecule has 0 aromatic heterocycles. The van der Waals surface area contributed by atoms with Crippen molar-refractivity contribution in [3.8, 4) is 11.5 Å². The number of carbonyl (C=O) groups excluding carboxylic acids is 1. The predicted molar refractivity (Wildman–Crippen MR) is 126 cm³/mol. The van der Waals surface area contributed by atoms with Crippen molar-refractivity contribution in [1.29, 1.82) is 0 Å². The van der Waals surface area contributed by atoms with Gasteiger partial charge in [0.15, 0.2) is 11.5 Å². The van der Waals surface area contributed by atoms with Crippen LogP contribution in [0.5, 0.6) is 11.5 Å². The molecule has 0 aliphatic carbocycles. The first-order valence-electron chi connectivity index (χ1n) is 11.2. The number of nitrogens with two attached hydrogens (primary N) is 1. The van der Waals surface area contributed by atoms with Crippen LogP contribution < -0.4 is 15.2 Å². The summed E-state index contributed by atoms with van der Waals surface area (Å²) in [6.07, 6.45) is 6.65. The molecule has 0 saturated carbocycles. The fourth-order valence-corrected chi connectivity index (χ4v) is 3.57. The number of hydrogen-bond donors (Lipinski definition) is 1. The number of unbranched alkanes of at least 4 members (excludes halogenated alkanes) is 1. The van der Waals surface area contributed by atoms with Crippen LogP contribution in [-0.4, -0.2) is 50.3 Å². The van der Waals surface area contributed by atoms with E-state index in [0.29, 0.717) is 37.2 Å². The first-order valence-corrected chi connectivity index (χ1v) is 11.6. The van der Waals surface area contributed by atoms with Crippen molar-refractivity contribution in [2.45, 2.75) is 53.4 Å². The Morgan fingerprint density at radius 2 is 1.87 bits per heavy atom. The zero-order chi connectivity index (χ0) is 22.8. The molecule has 2 N–H and O–H groups in total. The summed E-state index contributed by atoms with van der Waals surface area (Å²) >= 11 is 6.13. The van der Waals surface area contributed by atoms with E-state index < -0.39 is 5.97 Å². The smallest absolute Gasteiger partial charge is 0.342 e. The maximum atomic E-state index is 12.6. The van der Waals surface area contributed by atoms with E-state index in [1.807, 2.05) is 6.92 Å². The van der Waals surface area contributed by atoms with Gasteiger partial charge in [-0.3, -0.25) is 0 Å². The average Bonchev–Trinajstić information content (AvgIpc) is 2.79. The molecule has 2 aliphatic rings. The second-order valence-corrected chi connectivity index (χ2v) is 8.69. The number of likely N-dealkylation sites (tertiary alicyclic amines) is 1. The van der Waals surface area contributed by atoms with Gasteiger partial charge in [-0.1, -0.05) is 36.6 Å². The summed E-state index contributed by atoms with van der Waals surface area (Å²) in [4.78, 5) is 15.1. The van der Waals surface area contributed by atoms with Gasteiger partial charge in [0.25, 0.3) is 0 Å². The summed E-state index contributed by atoms with van der Waals surface area (Å²) in [5, 5.41) is 0.269. The number of rotatable bonds is 6. The zero-order valence-corrected chi connectivity index (χ0v) is 20.1. The molecule has 2 heterocycles. The minimum Gasteiger partial charge on any atom is -0.485 e. The molecule has 2 aliphatic heterocycles. The van der Waals surface area contributed by atoms with E-state index in [4.69, 9.17) is 31.5 Å². The van der Waals surface area contributed by atoms with Crippen LogP contribution in [0.2, 0.25) is 5.02 Å². The molecule has 1 fully saturated rings. The second kappa shape index (κ2) is 12.8. The van der Waals surface area contributed by atoms with E-state index >= 15 is 0 Å². The number of benzene rings is 1. The van der Waals surface area contributed by atoms with E-state index in [1.54, 1.807) is 0 Å². The summed E-state index contributed by atoms with van der Waals surface area (Å²) in [7, 11) is 0. The van der Waals surface area contributed by atoms with Crippen LogP contribution in [0.15, 0.2) is 17.7 Å². The lowest BCUT2D eigenvalue weighted by Gasteiger charge is -2.31. The van der Waals surface area contributed by atoms with Gasteiger partial charge >= 0.3 is 5.97 Å². The molecule has 7 heteroatoms. The number of piperidine rings is 1. The number of allylic oxidation sites excluding steroid dienone is 2. The first kappa shape index (κ1) is 25.3. The number of ether oxygens (including phenoxy) is 3. The van der Waals surface area contributed by atoms with Crippen LogP contribution in [0, 0.1) is 5.92 Å². The summed E-state index contributed by atoms with van der Waals surface area (Å²) in [6.45, 7) is 12.9. The fraction of sp³-hybridized carbons (Fsp3) is 0.625.